The normalized spacial score (nSPS) is 12.7. The fourth-order valence-electron chi connectivity index (χ4n) is 2.14. The van der Waals surface area contributed by atoms with E-state index in [9.17, 15) is 4.79 Å². The summed E-state index contributed by atoms with van der Waals surface area (Å²) in [7, 11) is 0. The van der Waals surface area contributed by atoms with Crippen LogP contribution in [0.25, 0.3) is 10.9 Å². The number of benzene rings is 1. The second kappa shape index (κ2) is 5.69. The Balaban J connectivity index is 1.85. The number of nitrogens with one attached hydrogen (secondary N) is 1. The predicted molar refractivity (Wildman–Crippen MR) is 71.5 cm³/mol. The van der Waals surface area contributed by atoms with Crippen LogP contribution in [0.3, 0.4) is 0 Å². The number of para-hydroxylation sites is 1. The topological polar surface area (TPSA) is 79.1 Å². The molecule has 0 saturated heterocycles. The number of carboxylic acid groups (broad SMARTS) is 1. The van der Waals surface area contributed by atoms with Gasteiger partial charge in [0.15, 0.2) is 0 Å². The summed E-state index contributed by atoms with van der Waals surface area (Å²) >= 11 is 0. The van der Waals surface area contributed by atoms with E-state index < -0.39 is 12.0 Å². The molecule has 4 nitrogen and oxygen atoms in total. The SMILES string of the molecule is NC(CCCCc1c[nH]c2ccccc12)C(=O)O. The lowest BCUT2D eigenvalue weighted by molar-refractivity contribution is -0.138. The standard InChI is InChI=1S/C14H18N2O2/c15-12(14(17)18)7-3-1-5-10-9-16-13-8-4-2-6-11(10)13/h2,4,6,8-9,12,16H,1,3,5,7,15H2,(H,17,18). The van der Waals surface area contributed by atoms with Crippen molar-refractivity contribution in [2.75, 3.05) is 0 Å². The van der Waals surface area contributed by atoms with Crippen LogP contribution in [-0.4, -0.2) is 22.1 Å². The first-order valence-corrected chi connectivity index (χ1v) is 6.22. The molecule has 0 bridgehead atoms. The summed E-state index contributed by atoms with van der Waals surface area (Å²) in [4.78, 5) is 13.8. The van der Waals surface area contributed by atoms with Crippen molar-refractivity contribution < 1.29 is 9.90 Å². The molecule has 2 rings (SSSR count). The van der Waals surface area contributed by atoms with Crippen LogP contribution in [0.15, 0.2) is 30.5 Å². The molecule has 1 atom stereocenters. The fourth-order valence-corrected chi connectivity index (χ4v) is 2.14. The molecule has 2 aromatic rings. The highest BCUT2D eigenvalue weighted by Gasteiger charge is 2.10. The lowest BCUT2D eigenvalue weighted by Crippen LogP contribution is -2.29. The quantitative estimate of drug-likeness (QED) is 0.684. The van der Waals surface area contributed by atoms with Gasteiger partial charge in [-0.05, 0) is 30.9 Å². The zero-order valence-corrected chi connectivity index (χ0v) is 10.2. The smallest absolute Gasteiger partial charge is 0.320 e. The van der Waals surface area contributed by atoms with Gasteiger partial charge in [-0.15, -0.1) is 0 Å². The van der Waals surface area contributed by atoms with Crippen LogP contribution < -0.4 is 5.73 Å². The Bertz CT molecular complexity index is 533. The van der Waals surface area contributed by atoms with Gasteiger partial charge < -0.3 is 15.8 Å². The van der Waals surface area contributed by atoms with Crippen LogP contribution in [-0.2, 0) is 11.2 Å². The molecule has 0 spiro atoms. The minimum absolute atomic E-state index is 0.539. The highest BCUT2D eigenvalue weighted by molar-refractivity contribution is 5.83. The average molecular weight is 246 g/mol. The van der Waals surface area contributed by atoms with Crippen LogP contribution in [0.2, 0.25) is 0 Å². The molecule has 0 aliphatic heterocycles. The maximum Gasteiger partial charge on any atom is 0.320 e. The van der Waals surface area contributed by atoms with Crippen molar-refractivity contribution in [2.45, 2.75) is 31.7 Å². The molecule has 1 aromatic carbocycles. The Morgan fingerprint density at radius 3 is 2.89 bits per heavy atom. The number of rotatable bonds is 6. The molecule has 18 heavy (non-hydrogen) atoms. The summed E-state index contributed by atoms with van der Waals surface area (Å²) in [5.74, 6) is -0.915. The second-order valence-electron chi connectivity index (χ2n) is 4.55. The van der Waals surface area contributed by atoms with Crippen molar-refractivity contribution >= 4 is 16.9 Å². The summed E-state index contributed by atoms with van der Waals surface area (Å²) in [6, 6.07) is 7.46. The van der Waals surface area contributed by atoms with E-state index in [1.165, 1.54) is 10.9 Å². The number of aromatic amines is 1. The lowest BCUT2D eigenvalue weighted by Gasteiger charge is -2.05. The number of fused-ring (bicyclic) bond motifs is 1. The van der Waals surface area contributed by atoms with Crippen LogP contribution in [0.4, 0.5) is 0 Å². The molecule has 96 valence electrons. The summed E-state index contributed by atoms with van der Waals surface area (Å²) < 4.78 is 0. The molecule has 4 heteroatoms. The zero-order valence-electron chi connectivity index (χ0n) is 10.2. The Morgan fingerprint density at radius 1 is 1.33 bits per heavy atom. The van der Waals surface area contributed by atoms with Crippen molar-refractivity contribution in [1.82, 2.24) is 4.98 Å². The molecule has 4 N–H and O–H groups in total. The fraction of sp³-hybridized carbons (Fsp3) is 0.357. The summed E-state index contributed by atoms with van der Waals surface area (Å²) in [5, 5.41) is 9.93. The number of unbranched alkanes of at least 4 members (excludes halogenated alkanes) is 1. The first kappa shape index (κ1) is 12.6. The molecule has 0 radical (unpaired) electrons. The van der Waals surface area contributed by atoms with Crippen LogP contribution in [0.5, 0.6) is 0 Å². The van der Waals surface area contributed by atoms with Crippen LogP contribution >= 0.6 is 0 Å². The molecule has 1 heterocycles. The molecule has 1 aromatic heterocycles. The molecular weight excluding hydrogens is 228 g/mol. The first-order valence-electron chi connectivity index (χ1n) is 6.22. The number of nitrogens with two attached hydrogens (primary N) is 1. The van der Waals surface area contributed by atoms with E-state index in [-0.39, 0.29) is 0 Å². The van der Waals surface area contributed by atoms with Gasteiger partial charge in [-0.25, -0.2) is 0 Å². The van der Waals surface area contributed by atoms with Crippen LogP contribution in [0, 0.1) is 0 Å². The number of carboxylic acids is 1. The molecular formula is C14H18N2O2. The number of aromatic nitrogens is 1. The third-order valence-corrected chi connectivity index (χ3v) is 3.20. The van der Waals surface area contributed by atoms with Crippen LogP contribution in [0.1, 0.15) is 24.8 Å². The van der Waals surface area contributed by atoms with Gasteiger partial charge in [0, 0.05) is 17.1 Å². The van der Waals surface area contributed by atoms with Gasteiger partial charge in [0.25, 0.3) is 0 Å². The van der Waals surface area contributed by atoms with E-state index in [0.717, 1.165) is 24.8 Å². The van der Waals surface area contributed by atoms with E-state index >= 15 is 0 Å². The van der Waals surface area contributed by atoms with Crippen molar-refractivity contribution in [3.8, 4) is 0 Å². The molecule has 0 fully saturated rings. The van der Waals surface area contributed by atoms with Crippen molar-refractivity contribution in [3.63, 3.8) is 0 Å². The van der Waals surface area contributed by atoms with Gasteiger partial charge in [-0.1, -0.05) is 24.6 Å². The number of hydrogen-bond acceptors (Lipinski definition) is 2. The van der Waals surface area contributed by atoms with E-state index in [0.29, 0.717) is 6.42 Å². The molecule has 0 amide bonds. The number of aryl methyl sites for hydroxylation is 1. The summed E-state index contributed by atoms with van der Waals surface area (Å²) in [6.45, 7) is 0. The number of H-pyrrole nitrogens is 1. The minimum atomic E-state index is -0.915. The predicted octanol–water partition coefficient (Wildman–Crippen LogP) is 2.29. The van der Waals surface area contributed by atoms with E-state index in [2.05, 4.69) is 17.1 Å². The van der Waals surface area contributed by atoms with Crippen molar-refractivity contribution in [2.24, 2.45) is 5.73 Å². The maximum absolute atomic E-state index is 10.6. The highest BCUT2D eigenvalue weighted by Crippen LogP contribution is 2.19. The van der Waals surface area contributed by atoms with Crippen molar-refractivity contribution in [3.05, 3.63) is 36.0 Å². The molecule has 0 aliphatic carbocycles. The number of carbonyl (C=O) groups is 1. The molecule has 0 saturated carbocycles. The Hall–Kier alpha value is -1.81. The van der Waals surface area contributed by atoms with Gasteiger partial charge in [-0.2, -0.15) is 0 Å². The van der Waals surface area contributed by atoms with Gasteiger partial charge in [0.1, 0.15) is 6.04 Å². The molecule has 1 unspecified atom stereocenters. The maximum atomic E-state index is 10.6. The van der Waals surface area contributed by atoms with Gasteiger partial charge in [0.05, 0.1) is 0 Å². The Morgan fingerprint density at radius 2 is 2.11 bits per heavy atom. The first-order chi connectivity index (χ1) is 8.68. The number of aliphatic carboxylic acids is 1. The Labute approximate surface area is 106 Å². The zero-order chi connectivity index (χ0) is 13.0. The summed E-state index contributed by atoms with van der Waals surface area (Å²) in [5.41, 5.74) is 7.90. The van der Waals surface area contributed by atoms with E-state index in [4.69, 9.17) is 10.8 Å². The minimum Gasteiger partial charge on any atom is -0.480 e. The molecule has 0 aliphatic rings. The van der Waals surface area contributed by atoms with Crippen molar-refractivity contribution in [1.29, 1.82) is 0 Å². The highest BCUT2D eigenvalue weighted by atomic mass is 16.4. The van der Waals surface area contributed by atoms with Gasteiger partial charge >= 0.3 is 5.97 Å². The average Bonchev–Trinajstić information content (AvgIpc) is 2.77. The monoisotopic (exact) mass is 246 g/mol. The third-order valence-electron chi connectivity index (χ3n) is 3.20. The summed E-state index contributed by atoms with van der Waals surface area (Å²) in [6.07, 6.45) is 5.33. The Kier molecular flexibility index (Phi) is 3.99. The van der Waals surface area contributed by atoms with E-state index in [1.807, 2.05) is 18.3 Å². The third kappa shape index (κ3) is 2.90. The second-order valence-corrected chi connectivity index (χ2v) is 4.55. The largest absolute Gasteiger partial charge is 0.480 e. The lowest BCUT2D eigenvalue weighted by atomic mass is 10.0. The number of hydrogen-bond donors (Lipinski definition) is 3. The van der Waals surface area contributed by atoms with E-state index in [1.54, 1.807) is 0 Å². The van der Waals surface area contributed by atoms with Gasteiger partial charge in [-0.3, -0.25) is 4.79 Å². The van der Waals surface area contributed by atoms with Gasteiger partial charge in [0.2, 0.25) is 0 Å².